The number of morpholine rings is 1. The lowest BCUT2D eigenvalue weighted by Gasteiger charge is -2.31. The topological polar surface area (TPSA) is 127 Å². The van der Waals surface area contributed by atoms with Crippen molar-refractivity contribution < 1.29 is 9.53 Å². The molecule has 1 saturated heterocycles. The Bertz CT molecular complexity index is 1090. The number of rotatable bonds is 3. The first-order valence-corrected chi connectivity index (χ1v) is 9.03. The van der Waals surface area contributed by atoms with Gasteiger partial charge in [0.2, 0.25) is 5.91 Å². The summed E-state index contributed by atoms with van der Waals surface area (Å²) in [5, 5.41) is 0.434. The molecule has 0 saturated carbocycles. The number of carbonyl (C=O) groups is 1. The molecule has 2 heterocycles. The van der Waals surface area contributed by atoms with E-state index in [9.17, 15) is 9.59 Å². The number of H-pyrrole nitrogens is 1. The summed E-state index contributed by atoms with van der Waals surface area (Å²) in [6.45, 7) is 2.05. The standard InChI is InChI=1S/C20H21N5O3/c21-15-3-1-13(10-16(15)22)18(20(27)25-5-7-28-8-6-25)12-2-4-17-14(9-12)19(26)24-11-23-17/h1-4,9-11,18H,5-8,21-22H2,(H,23,24,26). The SMILES string of the molecule is Nc1ccc(C(C(=O)N2CCOCC2)c2ccc3nc[nH]c(=O)c3c2)cc1N. The van der Waals surface area contributed by atoms with Crippen LogP contribution in [-0.4, -0.2) is 47.1 Å². The largest absolute Gasteiger partial charge is 0.397 e. The lowest BCUT2D eigenvalue weighted by molar-refractivity contribution is -0.135. The Hall–Kier alpha value is -3.39. The van der Waals surface area contributed by atoms with Gasteiger partial charge in [-0.25, -0.2) is 4.98 Å². The van der Waals surface area contributed by atoms with Gasteiger partial charge in [0.25, 0.3) is 5.56 Å². The summed E-state index contributed by atoms with van der Waals surface area (Å²) in [4.78, 5) is 34.2. The maximum Gasteiger partial charge on any atom is 0.258 e. The van der Waals surface area contributed by atoms with Gasteiger partial charge in [-0.05, 0) is 35.4 Å². The molecule has 0 bridgehead atoms. The second-order valence-corrected chi connectivity index (χ2v) is 6.77. The molecule has 1 atom stereocenters. The number of nitrogens with one attached hydrogen (secondary N) is 1. The Balaban J connectivity index is 1.84. The zero-order chi connectivity index (χ0) is 19.7. The van der Waals surface area contributed by atoms with Crippen molar-refractivity contribution in [2.24, 2.45) is 0 Å². The van der Waals surface area contributed by atoms with Gasteiger partial charge in [-0.2, -0.15) is 0 Å². The average Bonchev–Trinajstić information content (AvgIpc) is 2.72. The molecule has 1 fully saturated rings. The fourth-order valence-electron chi connectivity index (χ4n) is 3.48. The van der Waals surface area contributed by atoms with E-state index in [2.05, 4.69) is 9.97 Å². The van der Waals surface area contributed by atoms with E-state index in [1.807, 2.05) is 6.07 Å². The van der Waals surface area contributed by atoms with Crippen LogP contribution in [0, 0.1) is 0 Å². The van der Waals surface area contributed by atoms with Crippen LogP contribution in [0.4, 0.5) is 11.4 Å². The first kappa shape index (κ1) is 18.0. The monoisotopic (exact) mass is 379 g/mol. The normalized spacial score (nSPS) is 15.5. The second kappa shape index (κ2) is 7.32. The molecule has 0 spiro atoms. The van der Waals surface area contributed by atoms with Gasteiger partial charge in [-0.1, -0.05) is 12.1 Å². The first-order chi connectivity index (χ1) is 13.5. The van der Waals surface area contributed by atoms with E-state index in [0.29, 0.717) is 54.1 Å². The highest BCUT2D eigenvalue weighted by Crippen LogP contribution is 2.31. The molecule has 1 amide bonds. The molecule has 1 aromatic heterocycles. The van der Waals surface area contributed by atoms with Gasteiger partial charge >= 0.3 is 0 Å². The van der Waals surface area contributed by atoms with Crippen molar-refractivity contribution in [3.05, 3.63) is 64.2 Å². The van der Waals surface area contributed by atoms with Gasteiger partial charge in [0.1, 0.15) is 0 Å². The molecular weight excluding hydrogens is 358 g/mol. The summed E-state index contributed by atoms with van der Waals surface area (Å²) >= 11 is 0. The number of nitrogens with two attached hydrogens (primary N) is 2. The first-order valence-electron chi connectivity index (χ1n) is 9.03. The van der Waals surface area contributed by atoms with Crippen molar-refractivity contribution in [2.75, 3.05) is 37.8 Å². The number of fused-ring (bicyclic) bond motifs is 1. The highest BCUT2D eigenvalue weighted by atomic mass is 16.5. The van der Waals surface area contributed by atoms with Gasteiger partial charge in [-0.3, -0.25) is 9.59 Å². The molecule has 3 aromatic rings. The number of nitrogens with zero attached hydrogens (tertiary/aromatic N) is 2. The van der Waals surface area contributed by atoms with Crippen molar-refractivity contribution >= 4 is 28.2 Å². The summed E-state index contributed by atoms with van der Waals surface area (Å²) in [6, 6.07) is 10.5. The van der Waals surface area contributed by atoms with Crippen molar-refractivity contribution in [3.63, 3.8) is 0 Å². The van der Waals surface area contributed by atoms with Crippen LogP contribution in [0.5, 0.6) is 0 Å². The Morgan fingerprint density at radius 1 is 1.07 bits per heavy atom. The third-order valence-corrected chi connectivity index (χ3v) is 5.01. The predicted molar refractivity (Wildman–Crippen MR) is 107 cm³/mol. The molecule has 144 valence electrons. The van der Waals surface area contributed by atoms with Gasteiger partial charge in [0, 0.05) is 13.1 Å². The van der Waals surface area contributed by atoms with E-state index in [4.69, 9.17) is 16.2 Å². The molecule has 1 aliphatic heterocycles. The molecule has 1 unspecified atom stereocenters. The predicted octanol–water partition coefficient (Wildman–Crippen LogP) is 1.08. The average molecular weight is 379 g/mol. The minimum atomic E-state index is -0.606. The maximum absolute atomic E-state index is 13.4. The fourth-order valence-corrected chi connectivity index (χ4v) is 3.48. The number of hydrogen-bond donors (Lipinski definition) is 3. The van der Waals surface area contributed by atoms with E-state index in [1.54, 1.807) is 35.2 Å². The van der Waals surface area contributed by atoms with E-state index in [1.165, 1.54) is 6.33 Å². The van der Waals surface area contributed by atoms with Crippen LogP contribution >= 0.6 is 0 Å². The molecule has 8 heteroatoms. The highest BCUT2D eigenvalue weighted by molar-refractivity contribution is 5.90. The van der Waals surface area contributed by atoms with Crippen molar-refractivity contribution in [1.29, 1.82) is 0 Å². The Labute approximate surface area is 161 Å². The van der Waals surface area contributed by atoms with Gasteiger partial charge < -0.3 is 26.1 Å². The number of anilines is 2. The molecule has 1 aliphatic rings. The molecule has 0 radical (unpaired) electrons. The minimum absolute atomic E-state index is 0.0628. The molecule has 28 heavy (non-hydrogen) atoms. The van der Waals surface area contributed by atoms with Crippen LogP contribution in [-0.2, 0) is 9.53 Å². The number of benzene rings is 2. The Morgan fingerprint density at radius 3 is 2.54 bits per heavy atom. The lowest BCUT2D eigenvalue weighted by atomic mass is 9.88. The molecule has 8 nitrogen and oxygen atoms in total. The van der Waals surface area contributed by atoms with E-state index in [0.717, 1.165) is 5.56 Å². The second-order valence-electron chi connectivity index (χ2n) is 6.77. The van der Waals surface area contributed by atoms with Crippen molar-refractivity contribution in [1.82, 2.24) is 14.9 Å². The van der Waals surface area contributed by atoms with Crippen LogP contribution < -0.4 is 17.0 Å². The zero-order valence-corrected chi connectivity index (χ0v) is 15.2. The van der Waals surface area contributed by atoms with E-state index in [-0.39, 0.29) is 11.5 Å². The molecular formula is C20H21N5O3. The molecule has 4 rings (SSSR count). The third kappa shape index (κ3) is 3.29. The maximum atomic E-state index is 13.4. The molecule has 2 aromatic carbocycles. The lowest BCUT2D eigenvalue weighted by Crippen LogP contribution is -2.43. The van der Waals surface area contributed by atoms with Crippen LogP contribution in [0.3, 0.4) is 0 Å². The number of aromatic nitrogens is 2. The van der Waals surface area contributed by atoms with Crippen LogP contribution in [0.1, 0.15) is 17.0 Å². The van der Waals surface area contributed by atoms with Gasteiger partial charge in [0.05, 0.1) is 47.7 Å². The summed E-state index contributed by atoms with van der Waals surface area (Å²) < 4.78 is 5.37. The summed E-state index contributed by atoms with van der Waals surface area (Å²) in [6.07, 6.45) is 1.36. The highest BCUT2D eigenvalue weighted by Gasteiger charge is 2.29. The fraction of sp³-hybridized carbons (Fsp3) is 0.250. The van der Waals surface area contributed by atoms with Gasteiger partial charge in [0.15, 0.2) is 0 Å². The Kier molecular flexibility index (Phi) is 4.70. The van der Waals surface area contributed by atoms with E-state index < -0.39 is 5.92 Å². The molecule has 5 N–H and O–H groups in total. The zero-order valence-electron chi connectivity index (χ0n) is 15.2. The summed E-state index contributed by atoms with van der Waals surface area (Å²) in [5.41, 5.74) is 14.5. The number of nitrogen functional groups attached to an aromatic ring is 2. The smallest absolute Gasteiger partial charge is 0.258 e. The summed E-state index contributed by atoms with van der Waals surface area (Å²) in [5.74, 6) is -0.669. The van der Waals surface area contributed by atoms with Crippen molar-refractivity contribution in [2.45, 2.75) is 5.92 Å². The minimum Gasteiger partial charge on any atom is -0.397 e. The number of amides is 1. The van der Waals surface area contributed by atoms with E-state index >= 15 is 0 Å². The third-order valence-electron chi connectivity index (χ3n) is 5.01. The quantitative estimate of drug-likeness (QED) is 0.584. The number of ether oxygens (including phenoxy) is 1. The number of carbonyl (C=O) groups excluding carboxylic acids is 1. The van der Waals surface area contributed by atoms with Gasteiger partial charge in [-0.15, -0.1) is 0 Å². The number of aromatic amines is 1. The summed E-state index contributed by atoms with van der Waals surface area (Å²) in [7, 11) is 0. The van der Waals surface area contributed by atoms with Crippen LogP contribution in [0.25, 0.3) is 10.9 Å². The number of hydrogen-bond acceptors (Lipinski definition) is 6. The van der Waals surface area contributed by atoms with Crippen molar-refractivity contribution in [3.8, 4) is 0 Å². The van der Waals surface area contributed by atoms with Crippen LogP contribution in [0.2, 0.25) is 0 Å². The Morgan fingerprint density at radius 2 is 1.79 bits per heavy atom. The van der Waals surface area contributed by atoms with Crippen LogP contribution in [0.15, 0.2) is 47.5 Å². The molecule has 0 aliphatic carbocycles.